The van der Waals surface area contributed by atoms with E-state index < -0.39 is 12.1 Å². The number of fused-ring (bicyclic) bond motifs is 1. The lowest BCUT2D eigenvalue weighted by molar-refractivity contribution is -0.121. The van der Waals surface area contributed by atoms with E-state index in [0.29, 0.717) is 12.2 Å². The molecule has 2 aromatic carbocycles. The molecule has 0 aliphatic carbocycles. The third-order valence-electron chi connectivity index (χ3n) is 5.16. The first kappa shape index (κ1) is 19.6. The lowest BCUT2D eigenvalue weighted by Crippen LogP contribution is -2.33. The van der Waals surface area contributed by atoms with Gasteiger partial charge in [-0.25, -0.2) is 14.7 Å². The zero-order chi connectivity index (χ0) is 20.9. The topological polar surface area (TPSA) is 96.3 Å². The Morgan fingerprint density at radius 3 is 2.80 bits per heavy atom. The fraction of sp³-hybridized carbons (Fsp3) is 0.273. The van der Waals surface area contributed by atoms with Crippen LogP contribution >= 0.6 is 0 Å². The average Bonchev–Trinajstić information content (AvgIpc) is 3.37. The Hall–Kier alpha value is -3.68. The lowest BCUT2D eigenvalue weighted by Gasteiger charge is -2.15. The number of nitrogens with zero attached hydrogens (tertiary/aromatic N) is 3. The molecule has 154 valence electrons. The summed E-state index contributed by atoms with van der Waals surface area (Å²) in [6, 6.07) is 12.0. The molecule has 1 aromatic heterocycles. The maximum atomic E-state index is 12.9. The molecule has 0 saturated carbocycles. The highest BCUT2D eigenvalue weighted by Gasteiger charge is 2.39. The number of nitrogens with one attached hydrogen (secondary N) is 2. The van der Waals surface area contributed by atoms with Gasteiger partial charge < -0.3 is 15.2 Å². The summed E-state index contributed by atoms with van der Waals surface area (Å²) in [7, 11) is 0. The number of aromatic nitrogens is 2. The van der Waals surface area contributed by atoms with Crippen LogP contribution in [0.1, 0.15) is 19.3 Å². The van der Waals surface area contributed by atoms with Gasteiger partial charge in [-0.2, -0.15) is 0 Å². The van der Waals surface area contributed by atoms with Crippen LogP contribution in [0.4, 0.5) is 10.5 Å². The minimum Gasteiger partial charge on any atom is -0.356 e. The number of imide groups is 1. The fourth-order valence-corrected chi connectivity index (χ4v) is 3.63. The summed E-state index contributed by atoms with van der Waals surface area (Å²) in [5.74, 6) is -0.462. The number of benzene rings is 2. The Labute approximate surface area is 173 Å². The molecule has 4 rings (SSSR count). The second-order valence-corrected chi connectivity index (χ2v) is 7.22. The van der Waals surface area contributed by atoms with Crippen molar-refractivity contribution in [1.29, 1.82) is 0 Å². The van der Waals surface area contributed by atoms with Crippen LogP contribution in [0.5, 0.6) is 0 Å². The van der Waals surface area contributed by atoms with Crippen LogP contribution in [-0.2, 0) is 16.1 Å². The van der Waals surface area contributed by atoms with Crippen molar-refractivity contribution in [2.45, 2.75) is 31.8 Å². The Morgan fingerprint density at radius 1 is 1.13 bits per heavy atom. The third-order valence-corrected chi connectivity index (χ3v) is 5.16. The van der Waals surface area contributed by atoms with Gasteiger partial charge >= 0.3 is 6.03 Å². The zero-order valence-corrected chi connectivity index (χ0v) is 16.5. The predicted octanol–water partition coefficient (Wildman–Crippen LogP) is 2.45. The molecule has 0 radical (unpaired) electrons. The SMILES string of the molecule is O=C(CC[C@H]1NC(=O)N(c2cccc3ccccc23)C1=O)NCCCn1ccnc1. The molecular formula is C22H23N5O3. The van der Waals surface area contributed by atoms with Crippen LogP contribution in [0.2, 0.25) is 0 Å². The fourth-order valence-electron chi connectivity index (χ4n) is 3.63. The van der Waals surface area contributed by atoms with Crippen LogP contribution < -0.4 is 15.5 Å². The number of amides is 4. The largest absolute Gasteiger partial charge is 0.356 e. The second kappa shape index (κ2) is 8.77. The molecule has 3 aromatic rings. The molecule has 1 aliphatic heterocycles. The summed E-state index contributed by atoms with van der Waals surface area (Å²) >= 11 is 0. The van der Waals surface area contributed by atoms with E-state index in [-0.39, 0.29) is 24.7 Å². The van der Waals surface area contributed by atoms with E-state index >= 15 is 0 Å². The molecule has 2 heterocycles. The van der Waals surface area contributed by atoms with Crippen LogP contribution in [0.3, 0.4) is 0 Å². The van der Waals surface area contributed by atoms with Crippen LogP contribution in [0.25, 0.3) is 10.8 Å². The van der Waals surface area contributed by atoms with Gasteiger partial charge in [0.05, 0.1) is 12.0 Å². The van der Waals surface area contributed by atoms with Gasteiger partial charge in [-0.1, -0.05) is 36.4 Å². The smallest absolute Gasteiger partial charge is 0.329 e. The third kappa shape index (κ3) is 4.17. The van der Waals surface area contributed by atoms with Crippen molar-refractivity contribution in [1.82, 2.24) is 20.2 Å². The van der Waals surface area contributed by atoms with Crippen LogP contribution in [0.15, 0.2) is 61.2 Å². The standard InChI is InChI=1S/C22H23N5O3/c28-20(24-11-4-13-26-14-12-23-15-26)10-9-18-21(29)27(22(30)25-18)19-8-3-6-16-5-1-2-7-17(16)19/h1-3,5-8,12,14-15,18H,4,9-11,13H2,(H,24,28)(H,25,30)/t18-/m1/s1. The van der Waals surface area contributed by atoms with Gasteiger partial charge in [0, 0.05) is 37.3 Å². The molecule has 1 saturated heterocycles. The zero-order valence-electron chi connectivity index (χ0n) is 16.5. The van der Waals surface area contributed by atoms with Gasteiger partial charge in [0.1, 0.15) is 6.04 Å². The molecule has 1 atom stereocenters. The van der Waals surface area contributed by atoms with Gasteiger partial charge in [0.2, 0.25) is 5.91 Å². The van der Waals surface area contributed by atoms with E-state index in [2.05, 4.69) is 15.6 Å². The normalized spacial score (nSPS) is 16.1. The number of anilines is 1. The number of hydrogen-bond acceptors (Lipinski definition) is 4. The summed E-state index contributed by atoms with van der Waals surface area (Å²) < 4.78 is 1.95. The maximum Gasteiger partial charge on any atom is 0.329 e. The number of rotatable bonds is 8. The molecule has 1 aliphatic rings. The van der Waals surface area contributed by atoms with Crippen LogP contribution in [-0.4, -0.2) is 40.0 Å². The monoisotopic (exact) mass is 405 g/mol. The highest BCUT2D eigenvalue weighted by Crippen LogP contribution is 2.29. The molecule has 4 amide bonds. The first-order valence-corrected chi connectivity index (χ1v) is 9.98. The molecule has 0 unspecified atom stereocenters. The van der Waals surface area contributed by atoms with Gasteiger partial charge in [-0.05, 0) is 24.3 Å². The summed E-state index contributed by atoms with van der Waals surface area (Å²) in [6.45, 7) is 1.32. The molecule has 2 N–H and O–H groups in total. The Morgan fingerprint density at radius 2 is 1.97 bits per heavy atom. The van der Waals surface area contributed by atoms with Gasteiger partial charge in [-0.3, -0.25) is 9.59 Å². The minimum atomic E-state index is -0.701. The number of imidazole rings is 1. The number of hydrogen-bond donors (Lipinski definition) is 2. The van der Waals surface area contributed by atoms with E-state index in [1.807, 2.05) is 47.2 Å². The minimum absolute atomic E-state index is 0.133. The summed E-state index contributed by atoms with van der Waals surface area (Å²) in [5.41, 5.74) is 0.557. The molecule has 1 fully saturated rings. The van der Waals surface area contributed by atoms with Crippen molar-refractivity contribution in [2.24, 2.45) is 0 Å². The van der Waals surface area contributed by atoms with Crippen molar-refractivity contribution in [3.63, 3.8) is 0 Å². The number of carbonyl (C=O) groups is 3. The highest BCUT2D eigenvalue weighted by molar-refractivity contribution is 6.24. The van der Waals surface area contributed by atoms with Crippen molar-refractivity contribution in [3.8, 4) is 0 Å². The Bertz CT molecular complexity index is 1060. The number of urea groups is 1. The van der Waals surface area contributed by atoms with Gasteiger partial charge in [-0.15, -0.1) is 0 Å². The van der Waals surface area contributed by atoms with E-state index in [1.54, 1.807) is 18.6 Å². The Balaban J connectivity index is 1.31. The molecule has 8 nitrogen and oxygen atoms in total. The van der Waals surface area contributed by atoms with Gasteiger partial charge in [0.15, 0.2) is 0 Å². The average molecular weight is 405 g/mol. The second-order valence-electron chi connectivity index (χ2n) is 7.22. The van der Waals surface area contributed by atoms with Crippen molar-refractivity contribution in [2.75, 3.05) is 11.4 Å². The van der Waals surface area contributed by atoms with E-state index in [1.165, 1.54) is 4.90 Å². The van der Waals surface area contributed by atoms with E-state index in [4.69, 9.17) is 0 Å². The van der Waals surface area contributed by atoms with E-state index in [9.17, 15) is 14.4 Å². The first-order valence-electron chi connectivity index (χ1n) is 9.98. The predicted molar refractivity (Wildman–Crippen MR) is 113 cm³/mol. The highest BCUT2D eigenvalue weighted by atomic mass is 16.2. The molecule has 30 heavy (non-hydrogen) atoms. The maximum absolute atomic E-state index is 12.9. The number of carbonyl (C=O) groups excluding carboxylic acids is 3. The molecular weight excluding hydrogens is 382 g/mol. The quantitative estimate of drug-likeness (QED) is 0.444. The molecule has 0 spiro atoms. The summed E-state index contributed by atoms with van der Waals surface area (Å²) in [5, 5.41) is 7.34. The summed E-state index contributed by atoms with van der Waals surface area (Å²) in [4.78, 5) is 42.6. The van der Waals surface area contributed by atoms with Crippen molar-refractivity contribution in [3.05, 3.63) is 61.2 Å². The summed E-state index contributed by atoms with van der Waals surface area (Å²) in [6.07, 6.45) is 6.54. The first-order chi connectivity index (χ1) is 14.6. The lowest BCUT2D eigenvalue weighted by atomic mass is 10.1. The molecule has 8 heteroatoms. The number of aryl methyl sites for hydroxylation is 1. The van der Waals surface area contributed by atoms with Crippen molar-refractivity contribution < 1.29 is 14.4 Å². The van der Waals surface area contributed by atoms with Crippen molar-refractivity contribution >= 4 is 34.3 Å². The Kier molecular flexibility index (Phi) is 5.74. The van der Waals surface area contributed by atoms with E-state index in [0.717, 1.165) is 23.7 Å². The van der Waals surface area contributed by atoms with Gasteiger partial charge in [0.25, 0.3) is 5.91 Å². The molecule has 0 bridgehead atoms. The van der Waals surface area contributed by atoms with Crippen LogP contribution in [0, 0.1) is 0 Å².